The second kappa shape index (κ2) is 8.85. The zero-order chi connectivity index (χ0) is 24.9. The summed E-state index contributed by atoms with van der Waals surface area (Å²) in [4.78, 5) is 37.7. The molecule has 3 fully saturated rings. The van der Waals surface area contributed by atoms with Gasteiger partial charge in [-0.25, -0.2) is 9.59 Å². The first kappa shape index (κ1) is 25.4. The van der Waals surface area contributed by atoms with Gasteiger partial charge in [-0.05, 0) is 27.2 Å². The molecule has 3 rings (SSSR count). The number of fused-ring (bicyclic) bond motifs is 3. The van der Waals surface area contributed by atoms with Crippen LogP contribution in [0.2, 0.25) is 0 Å². The zero-order valence-corrected chi connectivity index (χ0v) is 20.0. The first-order valence-electron chi connectivity index (χ1n) is 11.3. The van der Waals surface area contributed by atoms with Crippen LogP contribution in [0.25, 0.3) is 0 Å². The number of hydrogen-bond acceptors (Lipinski definition) is 9. The third kappa shape index (κ3) is 4.34. The summed E-state index contributed by atoms with van der Waals surface area (Å²) in [6, 6.07) is 0. The van der Waals surface area contributed by atoms with Crippen molar-refractivity contribution in [1.29, 1.82) is 0 Å². The number of allylic oxidation sites excluding steroid dienone is 1. The van der Waals surface area contributed by atoms with Crippen LogP contribution in [0.5, 0.6) is 0 Å². The molecule has 184 valence electrons. The highest BCUT2D eigenvalue weighted by Crippen LogP contribution is 2.50. The molecule has 0 aromatic carbocycles. The van der Waals surface area contributed by atoms with Crippen LogP contribution in [0.3, 0.4) is 0 Å². The van der Waals surface area contributed by atoms with Crippen molar-refractivity contribution in [3.05, 3.63) is 23.8 Å². The van der Waals surface area contributed by atoms with Gasteiger partial charge in [0, 0.05) is 23.5 Å². The average Bonchev–Trinajstić information content (AvgIpc) is 3.19. The van der Waals surface area contributed by atoms with Crippen LogP contribution in [-0.4, -0.2) is 63.9 Å². The summed E-state index contributed by atoms with van der Waals surface area (Å²) in [7, 11) is 0. The Bertz CT molecular complexity index is 873. The monoisotopic (exact) mass is 466 g/mol. The van der Waals surface area contributed by atoms with E-state index in [-0.39, 0.29) is 12.0 Å². The fourth-order valence-corrected chi connectivity index (χ4v) is 4.86. The third-order valence-electron chi connectivity index (χ3n) is 6.94. The quantitative estimate of drug-likeness (QED) is 0.362. The maximum absolute atomic E-state index is 12.6. The summed E-state index contributed by atoms with van der Waals surface area (Å²) in [6.07, 6.45) is -2.83. The fraction of sp³-hybridized carbons (Fsp3) is 0.708. The lowest BCUT2D eigenvalue weighted by molar-refractivity contribution is -0.286. The average molecular weight is 467 g/mol. The molecule has 0 aromatic heterocycles. The summed E-state index contributed by atoms with van der Waals surface area (Å²) < 4.78 is 23.0. The van der Waals surface area contributed by atoms with Crippen LogP contribution in [0.4, 0.5) is 0 Å². The molecule has 2 N–H and O–H groups in total. The predicted molar refractivity (Wildman–Crippen MR) is 115 cm³/mol. The van der Waals surface area contributed by atoms with Crippen LogP contribution in [-0.2, 0) is 33.3 Å². The summed E-state index contributed by atoms with van der Waals surface area (Å²) >= 11 is 0. The van der Waals surface area contributed by atoms with Crippen molar-refractivity contribution in [2.75, 3.05) is 0 Å². The molecule has 2 bridgehead atoms. The Hall–Kier alpha value is -2.23. The highest BCUT2D eigenvalue weighted by Gasteiger charge is 2.65. The second-order valence-electron chi connectivity index (χ2n) is 9.90. The van der Waals surface area contributed by atoms with Crippen LogP contribution < -0.4 is 0 Å². The van der Waals surface area contributed by atoms with E-state index < -0.39 is 71.5 Å². The number of ether oxygens (including phenoxy) is 4. The van der Waals surface area contributed by atoms with Gasteiger partial charge >= 0.3 is 17.9 Å². The standard InChI is InChI=1S/C24H34O9/c1-8-12(4)21(27)31-19-17-16(14(6)22(28)30-17)18(25)24(33-20(26)11(2)3)13(5)9-15(32-24)10-23(19,7)29/h8,11,13,15-19,25,29H,6,9-10H2,1-5,7H3. The lowest BCUT2D eigenvalue weighted by atomic mass is 9.75. The highest BCUT2D eigenvalue weighted by molar-refractivity contribution is 5.91. The van der Waals surface area contributed by atoms with Crippen molar-refractivity contribution in [3.63, 3.8) is 0 Å². The number of carbonyl (C=O) groups excluding carboxylic acids is 3. The van der Waals surface area contributed by atoms with Gasteiger partial charge in [-0.1, -0.05) is 33.4 Å². The van der Waals surface area contributed by atoms with Gasteiger partial charge in [0.1, 0.15) is 11.7 Å². The SMILES string of the molecule is C=C1C(=O)OC2C1C(O)C1(OC(=O)C(C)C)OC(CC1C)CC(C)(O)C2OC(=O)C(C)=CC. The van der Waals surface area contributed by atoms with E-state index in [2.05, 4.69) is 6.58 Å². The number of carbonyl (C=O) groups is 3. The van der Waals surface area contributed by atoms with Gasteiger partial charge < -0.3 is 29.2 Å². The first-order chi connectivity index (χ1) is 15.2. The zero-order valence-electron chi connectivity index (χ0n) is 20.0. The molecular formula is C24H34O9. The Labute approximate surface area is 193 Å². The Morgan fingerprint density at radius 1 is 1.33 bits per heavy atom. The second-order valence-corrected chi connectivity index (χ2v) is 9.90. The first-order valence-corrected chi connectivity index (χ1v) is 11.3. The minimum atomic E-state index is -1.78. The Morgan fingerprint density at radius 3 is 2.55 bits per heavy atom. The Morgan fingerprint density at radius 2 is 1.97 bits per heavy atom. The van der Waals surface area contributed by atoms with E-state index in [0.717, 1.165) is 0 Å². The number of hydrogen-bond donors (Lipinski definition) is 2. The smallest absolute Gasteiger partial charge is 0.334 e. The minimum absolute atomic E-state index is 0.00881. The molecule has 9 nitrogen and oxygen atoms in total. The molecule has 0 radical (unpaired) electrons. The van der Waals surface area contributed by atoms with Crippen LogP contribution in [0.1, 0.15) is 54.4 Å². The molecular weight excluding hydrogens is 432 g/mol. The minimum Gasteiger partial charge on any atom is -0.454 e. The van der Waals surface area contributed by atoms with Crippen molar-refractivity contribution in [2.24, 2.45) is 17.8 Å². The van der Waals surface area contributed by atoms with Gasteiger partial charge in [-0.2, -0.15) is 0 Å². The number of rotatable bonds is 4. The Balaban J connectivity index is 2.12. The van der Waals surface area contributed by atoms with E-state index in [1.165, 1.54) is 6.92 Å². The summed E-state index contributed by atoms with van der Waals surface area (Å²) in [6.45, 7) is 13.6. The van der Waals surface area contributed by atoms with Crippen molar-refractivity contribution in [3.8, 4) is 0 Å². The lowest BCUT2D eigenvalue weighted by Crippen LogP contribution is -2.58. The molecule has 33 heavy (non-hydrogen) atoms. The molecule has 3 aliphatic rings. The van der Waals surface area contributed by atoms with E-state index in [0.29, 0.717) is 12.0 Å². The van der Waals surface area contributed by atoms with Gasteiger partial charge in [-0.15, -0.1) is 0 Å². The van der Waals surface area contributed by atoms with E-state index in [1.807, 2.05) is 0 Å². The van der Waals surface area contributed by atoms with Gasteiger partial charge in [0.2, 0.25) is 5.79 Å². The van der Waals surface area contributed by atoms with E-state index in [9.17, 15) is 24.6 Å². The van der Waals surface area contributed by atoms with Crippen LogP contribution in [0, 0.1) is 17.8 Å². The van der Waals surface area contributed by atoms with Crippen LogP contribution >= 0.6 is 0 Å². The van der Waals surface area contributed by atoms with E-state index in [4.69, 9.17) is 18.9 Å². The number of aliphatic hydroxyl groups is 2. The largest absolute Gasteiger partial charge is 0.454 e. The van der Waals surface area contributed by atoms with Crippen molar-refractivity contribution in [1.82, 2.24) is 0 Å². The summed E-state index contributed by atoms with van der Waals surface area (Å²) in [5.41, 5.74) is -1.46. The number of aliphatic hydroxyl groups excluding tert-OH is 1. The molecule has 3 aliphatic heterocycles. The topological polar surface area (TPSA) is 129 Å². The third-order valence-corrected chi connectivity index (χ3v) is 6.94. The molecule has 0 aliphatic carbocycles. The molecule has 8 unspecified atom stereocenters. The molecule has 8 atom stereocenters. The molecule has 0 saturated carbocycles. The molecule has 0 spiro atoms. The predicted octanol–water partition coefficient (Wildman–Crippen LogP) is 1.80. The summed E-state index contributed by atoms with van der Waals surface area (Å²) in [5, 5.41) is 23.0. The van der Waals surface area contributed by atoms with Gasteiger partial charge in [0.25, 0.3) is 0 Å². The van der Waals surface area contributed by atoms with Gasteiger partial charge in [0.05, 0.1) is 17.9 Å². The fourth-order valence-electron chi connectivity index (χ4n) is 4.86. The van der Waals surface area contributed by atoms with Crippen LogP contribution in [0.15, 0.2) is 23.8 Å². The van der Waals surface area contributed by atoms with Crippen molar-refractivity contribution >= 4 is 17.9 Å². The van der Waals surface area contributed by atoms with Crippen molar-refractivity contribution < 1.29 is 43.5 Å². The molecule has 3 heterocycles. The highest BCUT2D eigenvalue weighted by atomic mass is 16.7. The van der Waals surface area contributed by atoms with Crippen molar-refractivity contribution in [2.45, 2.75) is 90.2 Å². The normalized spacial score (nSPS) is 41.1. The lowest BCUT2D eigenvalue weighted by Gasteiger charge is -2.41. The molecule has 3 saturated heterocycles. The summed E-state index contributed by atoms with van der Waals surface area (Å²) in [5.74, 6) is -5.93. The van der Waals surface area contributed by atoms with E-state index in [1.54, 1.807) is 40.7 Å². The van der Waals surface area contributed by atoms with E-state index >= 15 is 0 Å². The molecule has 9 heteroatoms. The molecule has 0 aromatic rings. The molecule has 0 amide bonds. The maximum atomic E-state index is 12.6. The van der Waals surface area contributed by atoms with Gasteiger partial charge in [0.15, 0.2) is 12.2 Å². The Kier molecular flexibility index (Phi) is 6.81. The van der Waals surface area contributed by atoms with Gasteiger partial charge in [-0.3, -0.25) is 4.79 Å². The maximum Gasteiger partial charge on any atom is 0.334 e. The number of esters is 3.